The van der Waals surface area contributed by atoms with Crippen molar-refractivity contribution in [1.29, 1.82) is 5.26 Å². The van der Waals surface area contributed by atoms with E-state index in [-0.39, 0.29) is 23.6 Å². The van der Waals surface area contributed by atoms with E-state index in [4.69, 9.17) is 16.3 Å². The second-order valence-electron chi connectivity index (χ2n) is 7.27. The average Bonchev–Trinajstić information content (AvgIpc) is 2.97. The number of carbonyl (C=O) groups is 2. The van der Waals surface area contributed by atoms with Crippen LogP contribution in [0.25, 0.3) is 0 Å². The fraction of sp³-hybridized carbons (Fsp3) is 0.350. The number of carbonyl (C=O) groups excluding carboxylic acids is 1. The van der Waals surface area contributed by atoms with Gasteiger partial charge in [-0.3, -0.25) is 4.79 Å². The van der Waals surface area contributed by atoms with Crippen LogP contribution in [0.4, 0.5) is 5.69 Å². The topological polar surface area (TPSA) is 125 Å². The number of hydrogen-bond donors (Lipinski definition) is 2. The normalized spacial score (nSPS) is 22.7. The number of aromatic nitrogens is 2. The standard InChI is InChI=1S/C20H17ClN4O4/c1-10-12(8-22)17(23-9-13(10)21)29-11-4-6-20(7-5-11)16-14(25-19(20)28)2-3-15(24-16)18(26)27/h2-3,9,11H,4-7H2,1H3,(H,25,28)(H,26,27). The predicted octanol–water partition coefficient (Wildman–Crippen LogP) is 3.22. The minimum Gasteiger partial charge on any atom is -0.477 e. The van der Waals surface area contributed by atoms with Crippen molar-refractivity contribution in [2.45, 2.75) is 44.1 Å². The second kappa shape index (κ2) is 7.01. The molecule has 0 aromatic carbocycles. The van der Waals surface area contributed by atoms with Gasteiger partial charge in [-0.25, -0.2) is 14.8 Å². The van der Waals surface area contributed by atoms with Gasteiger partial charge < -0.3 is 15.2 Å². The van der Waals surface area contributed by atoms with Crippen molar-refractivity contribution in [3.8, 4) is 11.9 Å². The molecule has 29 heavy (non-hydrogen) atoms. The highest BCUT2D eigenvalue weighted by Gasteiger charge is 2.50. The molecule has 8 nitrogen and oxygen atoms in total. The number of nitrogens with zero attached hydrogens (tertiary/aromatic N) is 3. The average molecular weight is 413 g/mol. The molecule has 0 saturated heterocycles. The minimum atomic E-state index is -1.13. The number of carboxylic acid groups (broad SMARTS) is 1. The van der Waals surface area contributed by atoms with Gasteiger partial charge in [-0.2, -0.15) is 5.26 Å². The largest absolute Gasteiger partial charge is 0.477 e. The molecule has 0 atom stereocenters. The van der Waals surface area contributed by atoms with Crippen LogP contribution < -0.4 is 10.1 Å². The van der Waals surface area contributed by atoms with Gasteiger partial charge in [0, 0.05) is 6.20 Å². The number of rotatable bonds is 3. The molecule has 1 saturated carbocycles. The van der Waals surface area contributed by atoms with Crippen LogP contribution in [0.2, 0.25) is 5.02 Å². The van der Waals surface area contributed by atoms with Crippen molar-refractivity contribution in [3.63, 3.8) is 0 Å². The fourth-order valence-corrected chi connectivity index (χ4v) is 4.14. The second-order valence-corrected chi connectivity index (χ2v) is 7.68. The zero-order chi connectivity index (χ0) is 20.8. The van der Waals surface area contributed by atoms with Gasteiger partial charge in [0.1, 0.15) is 23.4 Å². The molecule has 1 spiro atoms. The number of pyridine rings is 2. The lowest BCUT2D eigenvalue weighted by Gasteiger charge is -2.35. The maximum Gasteiger partial charge on any atom is 0.354 e. The molecule has 0 bridgehead atoms. The Morgan fingerprint density at radius 1 is 1.41 bits per heavy atom. The molecule has 2 aromatic rings. The summed E-state index contributed by atoms with van der Waals surface area (Å²) >= 11 is 6.03. The quantitative estimate of drug-likeness (QED) is 0.792. The lowest BCUT2D eigenvalue weighted by Crippen LogP contribution is -2.41. The Kier molecular flexibility index (Phi) is 4.63. The van der Waals surface area contributed by atoms with E-state index < -0.39 is 11.4 Å². The molecule has 0 radical (unpaired) electrons. The Labute approximate surface area is 171 Å². The van der Waals surface area contributed by atoms with Crippen molar-refractivity contribution in [2.75, 3.05) is 5.32 Å². The third-order valence-corrected chi connectivity index (χ3v) is 6.05. The van der Waals surface area contributed by atoms with Gasteiger partial charge in [-0.15, -0.1) is 0 Å². The van der Waals surface area contributed by atoms with Gasteiger partial charge in [0.25, 0.3) is 0 Å². The highest BCUT2D eigenvalue weighted by molar-refractivity contribution is 6.31. The molecule has 9 heteroatoms. The van der Waals surface area contributed by atoms with Crippen molar-refractivity contribution in [2.24, 2.45) is 0 Å². The Balaban J connectivity index is 1.56. The zero-order valence-electron chi connectivity index (χ0n) is 15.5. The number of amides is 1. The minimum absolute atomic E-state index is 0.0856. The summed E-state index contributed by atoms with van der Waals surface area (Å²) in [7, 11) is 0. The van der Waals surface area contributed by atoms with Crippen LogP contribution in [0.1, 0.15) is 53.0 Å². The first-order valence-corrected chi connectivity index (χ1v) is 9.51. The molecule has 1 aliphatic heterocycles. The summed E-state index contributed by atoms with van der Waals surface area (Å²) in [6.45, 7) is 1.73. The third kappa shape index (κ3) is 3.08. The number of anilines is 1. The molecular weight excluding hydrogens is 396 g/mol. The van der Waals surface area contributed by atoms with Crippen LogP contribution in [0.15, 0.2) is 18.3 Å². The Bertz CT molecular complexity index is 1070. The van der Waals surface area contributed by atoms with Crippen LogP contribution >= 0.6 is 11.6 Å². The molecule has 148 valence electrons. The van der Waals surface area contributed by atoms with Gasteiger partial charge in [0.15, 0.2) is 0 Å². The van der Waals surface area contributed by atoms with E-state index in [1.807, 2.05) is 0 Å². The Hall–Kier alpha value is -3.18. The number of nitriles is 1. The van der Waals surface area contributed by atoms with Gasteiger partial charge in [0.2, 0.25) is 11.8 Å². The summed E-state index contributed by atoms with van der Waals surface area (Å²) in [5.74, 6) is -1.07. The molecule has 1 aliphatic carbocycles. The monoisotopic (exact) mass is 412 g/mol. The first-order chi connectivity index (χ1) is 13.9. The van der Waals surface area contributed by atoms with E-state index in [2.05, 4.69) is 21.4 Å². The summed E-state index contributed by atoms with van der Waals surface area (Å²) in [4.78, 5) is 32.4. The van der Waals surface area contributed by atoms with Crippen LogP contribution in [-0.4, -0.2) is 33.1 Å². The van der Waals surface area contributed by atoms with Gasteiger partial charge in [-0.05, 0) is 50.3 Å². The van der Waals surface area contributed by atoms with Crippen LogP contribution in [0, 0.1) is 18.3 Å². The molecule has 0 unspecified atom stereocenters. The first kappa shape index (κ1) is 19.2. The van der Waals surface area contributed by atoms with Crippen LogP contribution in [-0.2, 0) is 10.2 Å². The first-order valence-electron chi connectivity index (χ1n) is 9.14. The number of nitrogens with one attached hydrogen (secondary N) is 1. The maximum atomic E-state index is 12.7. The number of hydrogen-bond acceptors (Lipinski definition) is 6. The smallest absolute Gasteiger partial charge is 0.354 e. The Morgan fingerprint density at radius 2 is 2.14 bits per heavy atom. The van der Waals surface area contributed by atoms with Gasteiger partial charge >= 0.3 is 5.97 Å². The van der Waals surface area contributed by atoms with Gasteiger partial charge in [-0.1, -0.05) is 11.6 Å². The molecule has 2 aliphatic rings. The number of carboxylic acids is 1. The van der Waals surface area contributed by atoms with E-state index in [0.29, 0.717) is 53.2 Å². The highest BCUT2D eigenvalue weighted by atomic mass is 35.5. The SMILES string of the molecule is Cc1c(Cl)cnc(OC2CCC3(CC2)C(=O)Nc2ccc(C(=O)O)nc23)c1C#N. The highest BCUT2D eigenvalue weighted by Crippen LogP contribution is 2.47. The molecule has 2 aromatic heterocycles. The zero-order valence-corrected chi connectivity index (χ0v) is 16.3. The Morgan fingerprint density at radius 3 is 2.79 bits per heavy atom. The summed E-state index contributed by atoms with van der Waals surface area (Å²) in [5.41, 5.74) is 1.01. The predicted molar refractivity (Wildman–Crippen MR) is 103 cm³/mol. The van der Waals surface area contributed by atoms with Crippen LogP contribution in [0.5, 0.6) is 5.88 Å². The van der Waals surface area contributed by atoms with Gasteiger partial charge in [0.05, 0.1) is 21.8 Å². The number of halogens is 1. The number of fused-ring (bicyclic) bond motifs is 2. The number of aromatic carboxylic acids is 1. The third-order valence-electron chi connectivity index (χ3n) is 5.67. The van der Waals surface area contributed by atoms with Crippen molar-refractivity contribution in [3.05, 3.63) is 45.9 Å². The summed E-state index contributed by atoms with van der Waals surface area (Å²) in [5, 5.41) is 21.8. The molecule has 4 rings (SSSR count). The van der Waals surface area contributed by atoms with E-state index >= 15 is 0 Å². The van der Waals surface area contributed by atoms with Crippen molar-refractivity contribution < 1.29 is 19.4 Å². The molecule has 3 heterocycles. The summed E-state index contributed by atoms with van der Waals surface area (Å²) in [6, 6.07) is 5.04. The molecule has 2 N–H and O–H groups in total. The molecule has 1 fully saturated rings. The lowest BCUT2D eigenvalue weighted by atomic mass is 9.71. The summed E-state index contributed by atoms with van der Waals surface area (Å²) < 4.78 is 5.96. The molecular formula is C20H17ClN4O4. The van der Waals surface area contributed by atoms with E-state index in [1.165, 1.54) is 12.3 Å². The fourth-order valence-electron chi connectivity index (χ4n) is 3.99. The molecule has 1 amide bonds. The van der Waals surface area contributed by atoms with E-state index in [1.54, 1.807) is 13.0 Å². The van der Waals surface area contributed by atoms with Crippen LogP contribution in [0.3, 0.4) is 0 Å². The van der Waals surface area contributed by atoms with Crippen molar-refractivity contribution in [1.82, 2.24) is 9.97 Å². The number of ether oxygens (including phenoxy) is 1. The lowest BCUT2D eigenvalue weighted by molar-refractivity contribution is -0.122. The van der Waals surface area contributed by atoms with Crippen molar-refractivity contribution >= 4 is 29.2 Å². The summed E-state index contributed by atoms with van der Waals surface area (Å²) in [6.07, 6.45) is 3.23. The maximum absolute atomic E-state index is 12.7. The van der Waals surface area contributed by atoms with E-state index in [0.717, 1.165) is 0 Å². The van der Waals surface area contributed by atoms with E-state index in [9.17, 15) is 20.0 Å².